The lowest BCUT2D eigenvalue weighted by Crippen LogP contribution is -2.40. The third kappa shape index (κ3) is 6.47. The molecule has 1 aliphatic heterocycles. The van der Waals surface area contributed by atoms with E-state index in [-0.39, 0.29) is 4.90 Å². The third-order valence-electron chi connectivity index (χ3n) is 5.81. The first-order valence-corrected chi connectivity index (χ1v) is 13.5. The monoisotopic (exact) mass is 518 g/mol. The van der Waals surface area contributed by atoms with Crippen LogP contribution in [-0.4, -0.2) is 32.8 Å². The molecule has 9 heteroatoms. The Bertz CT molecular complexity index is 1420. The summed E-state index contributed by atoms with van der Waals surface area (Å²) < 4.78 is 34.3. The van der Waals surface area contributed by atoms with Crippen LogP contribution in [-0.2, 0) is 14.8 Å². The fourth-order valence-corrected chi connectivity index (χ4v) is 5.96. The second-order valence-corrected chi connectivity index (χ2v) is 11.6. The summed E-state index contributed by atoms with van der Waals surface area (Å²) in [6, 6.07) is 23.1. The summed E-state index contributed by atoms with van der Waals surface area (Å²) in [6.07, 6.45) is 0.548. The van der Waals surface area contributed by atoms with E-state index in [1.54, 1.807) is 81.4 Å². The molecule has 1 heterocycles. The Morgan fingerprint density at radius 3 is 2.49 bits per heavy atom. The maximum absolute atomic E-state index is 13.0. The van der Waals surface area contributed by atoms with E-state index in [2.05, 4.69) is 16.1 Å². The predicted molar refractivity (Wildman–Crippen MR) is 144 cm³/mol. The standard InChI is InChI=1S/C28H30N4O4S/c1-28(2,3)31-37(34,35)25-11-5-4-10-24(25)21-13-15-22(16-14-21)30-27(33)36-26-12-7-17-32(26)23-9-6-8-20(18-23)19-29/h4-6,8-11,13-16,18,26,31H,7,12,17H2,1-3H3,(H,30,33)/t26-/m0/s1. The Kier molecular flexibility index (Phi) is 7.52. The van der Waals surface area contributed by atoms with Crippen molar-refractivity contribution < 1.29 is 17.9 Å². The molecule has 0 radical (unpaired) electrons. The van der Waals surface area contributed by atoms with Gasteiger partial charge in [0.2, 0.25) is 10.0 Å². The van der Waals surface area contributed by atoms with Crippen LogP contribution in [0.1, 0.15) is 39.2 Å². The minimum atomic E-state index is -3.73. The van der Waals surface area contributed by atoms with Gasteiger partial charge in [0.25, 0.3) is 0 Å². The number of hydrogen-bond donors (Lipinski definition) is 2. The van der Waals surface area contributed by atoms with Gasteiger partial charge in [-0.2, -0.15) is 5.26 Å². The smallest absolute Gasteiger partial charge is 0.413 e. The van der Waals surface area contributed by atoms with Crippen LogP contribution in [0, 0.1) is 11.3 Å². The van der Waals surface area contributed by atoms with Crippen LogP contribution in [0.15, 0.2) is 77.7 Å². The quantitative estimate of drug-likeness (QED) is 0.447. The minimum Gasteiger partial charge on any atom is -0.425 e. The molecule has 4 rings (SSSR count). The molecule has 3 aromatic rings. The highest BCUT2D eigenvalue weighted by Gasteiger charge is 2.28. The second-order valence-electron chi connectivity index (χ2n) is 9.91. The molecule has 1 saturated heterocycles. The van der Waals surface area contributed by atoms with Crippen molar-refractivity contribution in [3.8, 4) is 17.2 Å². The number of benzene rings is 3. The van der Waals surface area contributed by atoms with E-state index in [4.69, 9.17) is 4.74 Å². The molecule has 37 heavy (non-hydrogen) atoms. The zero-order chi connectivity index (χ0) is 26.6. The molecule has 0 unspecified atom stereocenters. The number of anilines is 2. The van der Waals surface area contributed by atoms with E-state index in [0.717, 1.165) is 18.7 Å². The highest BCUT2D eigenvalue weighted by molar-refractivity contribution is 7.89. The van der Waals surface area contributed by atoms with Gasteiger partial charge in [-0.3, -0.25) is 5.32 Å². The normalized spacial score (nSPS) is 15.7. The first kappa shape index (κ1) is 26.2. The highest BCUT2D eigenvalue weighted by Crippen LogP contribution is 2.30. The topological polar surface area (TPSA) is 112 Å². The molecule has 0 aliphatic carbocycles. The van der Waals surface area contributed by atoms with Gasteiger partial charge < -0.3 is 9.64 Å². The number of sulfonamides is 1. The first-order valence-electron chi connectivity index (χ1n) is 12.0. The van der Waals surface area contributed by atoms with E-state index in [9.17, 15) is 18.5 Å². The van der Waals surface area contributed by atoms with Crippen molar-refractivity contribution in [2.75, 3.05) is 16.8 Å². The van der Waals surface area contributed by atoms with Crippen LogP contribution in [0.2, 0.25) is 0 Å². The van der Waals surface area contributed by atoms with Crippen molar-refractivity contribution in [2.45, 2.75) is 50.3 Å². The van der Waals surface area contributed by atoms with Crippen molar-refractivity contribution >= 4 is 27.5 Å². The number of amides is 1. The molecular weight excluding hydrogens is 488 g/mol. The summed E-state index contributed by atoms with van der Waals surface area (Å²) in [5.74, 6) is 0. The Morgan fingerprint density at radius 2 is 1.78 bits per heavy atom. The highest BCUT2D eigenvalue weighted by atomic mass is 32.2. The minimum absolute atomic E-state index is 0.187. The molecule has 0 saturated carbocycles. The van der Waals surface area contributed by atoms with Crippen molar-refractivity contribution in [3.63, 3.8) is 0 Å². The summed E-state index contributed by atoms with van der Waals surface area (Å²) in [5.41, 5.74) is 2.57. The zero-order valence-corrected chi connectivity index (χ0v) is 21.9. The van der Waals surface area contributed by atoms with Gasteiger partial charge in [-0.1, -0.05) is 36.4 Å². The van der Waals surface area contributed by atoms with Gasteiger partial charge in [0.15, 0.2) is 6.23 Å². The summed E-state index contributed by atoms with van der Waals surface area (Å²) in [5, 5.41) is 11.9. The maximum atomic E-state index is 13.0. The van der Waals surface area contributed by atoms with Gasteiger partial charge in [0.1, 0.15) is 0 Å². The van der Waals surface area contributed by atoms with Crippen LogP contribution in [0.3, 0.4) is 0 Å². The largest absolute Gasteiger partial charge is 0.425 e. The van der Waals surface area contributed by atoms with E-state index in [0.29, 0.717) is 28.8 Å². The number of ether oxygens (including phenoxy) is 1. The van der Waals surface area contributed by atoms with Crippen LogP contribution in [0.4, 0.5) is 16.2 Å². The molecule has 2 N–H and O–H groups in total. The Morgan fingerprint density at radius 1 is 1.05 bits per heavy atom. The molecule has 0 bridgehead atoms. The Labute approximate surface area is 217 Å². The van der Waals surface area contributed by atoms with Crippen molar-refractivity contribution in [3.05, 3.63) is 78.4 Å². The lowest BCUT2D eigenvalue weighted by atomic mass is 10.1. The fraction of sp³-hybridized carbons (Fsp3) is 0.286. The summed E-state index contributed by atoms with van der Waals surface area (Å²) >= 11 is 0. The number of carbonyl (C=O) groups is 1. The van der Waals surface area contributed by atoms with Crippen molar-refractivity contribution in [1.82, 2.24) is 4.72 Å². The summed E-state index contributed by atoms with van der Waals surface area (Å²) in [7, 11) is -3.73. The summed E-state index contributed by atoms with van der Waals surface area (Å²) in [4.78, 5) is 14.8. The maximum Gasteiger partial charge on any atom is 0.413 e. The lowest BCUT2D eigenvalue weighted by molar-refractivity contribution is 0.116. The van der Waals surface area contributed by atoms with Crippen molar-refractivity contribution in [2.24, 2.45) is 0 Å². The van der Waals surface area contributed by atoms with Crippen LogP contribution < -0.4 is 14.9 Å². The predicted octanol–water partition coefficient (Wildman–Crippen LogP) is 5.48. The average molecular weight is 519 g/mol. The van der Waals surface area contributed by atoms with Gasteiger partial charge in [0.05, 0.1) is 16.5 Å². The number of nitrogens with one attached hydrogen (secondary N) is 2. The molecule has 0 aromatic heterocycles. The molecule has 1 fully saturated rings. The van der Waals surface area contributed by atoms with Gasteiger partial charge in [-0.15, -0.1) is 0 Å². The van der Waals surface area contributed by atoms with Crippen LogP contribution in [0.25, 0.3) is 11.1 Å². The fourth-order valence-electron chi connectivity index (χ4n) is 4.31. The molecule has 3 aromatic carbocycles. The zero-order valence-electron chi connectivity index (χ0n) is 21.1. The molecule has 0 spiro atoms. The van der Waals surface area contributed by atoms with E-state index < -0.39 is 27.9 Å². The molecule has 192 valence electrons. The van der Waals surface area contributed by atoms with Gasteiger partial charge in [-0.25, -0.2) is 17.9 Å². The number of rotatable bonds is 6. The van der Waals surface area contributed by atoms with Gasteiger partial charge in [0, 0.05) is 35.4 Å². The van der Waals surface area contributed by atoms with E-state index in [1.165, 1.54) is 0 Å². The number of hydrogen-bond acceptors (Lipinski definition) is 6. The molecular formula is C28H30N4O4S. The number of carbonyl (C=O) groups excluding carboxylic acids is 1. The van der Waals surface area contributed by atoms with Crippen LogP contribution in [0.5, 0.6) is 0 Å². The Balaban J connectivity index is 1.45. The SMILES string of the molecule is CC(C)(C)NS(=O)(=O)c1ccccc1-c1ccc(NC(=O)O[C@H]2CCCN2c2cccc(C#N)c2)cc1. The third-order valence-corrected chi connectivity index (χ3v) is 7.62. The summed E-state index contributed by atoms with van der Waals surface area (Å²) in [6.45, 7) is 6.11. The molecule has 1 amide bonds. The number of nitriles is 1. The molecule has 1 aliphatic rings. The van der Waals surface area contributed by atoms with E-state index >= 15 is 0 Å². The molecule has 1 atom stereocenters. The Hall–Kier alpha value is -3.87. The van der Waals surface area contributed by atoms with Gasteiger partial charge in [-0.05, 0) is 69.2 Å². The van der Waals surface area contributed by atoms with E-state index in [1.807, 2.05) is 17.0 Å². The first-order chi connectivity index (χ1) is 17.6. The second kappa shape index (κ2) is 10.6. The van der Waals surface area contributed by atoms with Crippen molar-refractivity contribution in [1.29, 1.82) is 5.26 Å². The average Bonchev–Trinajstić information content (AvgIpc) is 3.31. The van der Waals surface area contributed by atoms with Crippen LogP contribution >= 0.6 is 0 Å². The van der Waals surface area contributed by atoms with Gasteiger partial charge >= 0.3 is 6.09 Å². The number of nitrogens with zero attached hydrogens (tertiary/aromatic N) is 2. The molecule has 8 nitrogen and oxygen atoms in total. The lowest BCUT2D eigenvalue weighted by Gasteiger charge is -2.26.